The number of nitrogens with one attached hydrogen (secondary N) is 1. The minimum absolute atomic E-state index is 0.0571. The molecule has 0 saturated heterocycles. The zero-order valence-corrected chi connectivity index (χ0v) is 28.6. The maximum Gasteiger partial charge on any atom is 0.285 e. The molecule has 1 aromatic heterocycles. The molecule has 3 amide bonds. The summed E-state index contributed by atoms with van der Waals surface area (Å²) in [6.45, 7) is 9.11. The number of nitrogens with zero attached hydrogens (tertiary/aromatic N) is 4. The van der Waals surface area contributed by atoms with E-state index in [9.17, 15) is 24.5 Å². The number of non-ortho nitro benzene ring substituents is 1. The molecule has 5 rings (SSSR count). The number of aliphatic imine (C=N–C) groups is 1. The van der Waals surface area contributed by atoms with Crippen LogP contribution < -0.4 is 5.32 Å². The summed E-state index contributed by atoms with van der Waals surface area (Å²) in [5, 5.41) is 14.6. The lowest BCUT2D eigenvalue weighted by Gasteiger charge is -2.28. The van der Waals surface area contributed by atoms with Gasteiger partial charge in [0.2, 0.25) is 5.91 Å². The van der Waals surface area contributed by atoms with Crippen LogP contribution >= 0.6 is 11.8 Å². The molecule has 0 aliphatic carbocycles. The molecule has 0 unspecified atom stereocenters. The standard InChI is InChI=1S/C39H35N5O5S/c1-5-7-19-31(6-2)43-38(47)34(23-30-22-26(3)42(27(30)4)32-20-14-21-33(24-32)44(48)49)37(46)41-39(43)50-25-35(45)40-36(28-15-10-8-11-16-28)29-17-12-9-13-18-29/h5-24,36H,1,25H2,2-4H3,(H,40,45)/b19-7-,31-6+,34-23+. The summed E-state index contributed by atoms with van der Waals surface area (Å²) < 4.78 is 1.82. The zero-order valence-electron chi connectivity index (χ0n) is 27.8. The number of allylic oxidation sites excluding steroid dienone is 4. The van der Waals surface area contributed by atoms with Gasteiger partial charge < -0.3 is 9.88 Å². The van der Waals surface area contributed by atoms with E-state index in [1.54, 1.807) is 56.4 Å². The topological polar surface area (TPSA) is 127 Å². The molecule has 1 aliphatic rings. The Balaban J connectivity index is 1.46. The monoisotopic (exact) mass is 685 g/mol. The van der Waals surface area contributed by atoms with Crippen LogP contribution in [-0.2, 0) is 14.4 Å². The number of carbonyl (C=O) groups is 3. The van der Waals surface area contributed by atoms with Gasteiger partial charge in [0.15, 0.2) is 5.17 Å². The van der Waals surface area contributed by atoms with Crippen LogP contribution in [0.3, 0.4) is 0 Å². The number of hydrogen-bond donors (Lipinski definition) is 1. The molecule has 11 heteroatoms. The Labute approximate surface area is 294 Å². The van der Waals surface area contributed by atoms with E-state index in [0.29, 0.717) is 22.6 Å². The van der Waals surface area contributed by atoms with Gasteiger partial charge >= 0.3 is 0 Å². The largest absolute Gasteiger partial charge is 0.344 e. The van der Waals surface area contributed by atoms with E-state index in [4.69, 9.17) is 0 Å². The first kappa shape index (κ1) is 35.2. The molecule has 0 spiro atoms. The maximum atomic E-state index is 14.2. The van der Waals surface area contributed by atoms with E-state index in [2.05, 4.69) is 16.9 Å². The van der Waals surface area contributed by atoms with Gasteiger partial charge in [-0.2, -0.15) is 4.99 Å². The number of nitro benzene ring substituents is 1. The molecule has 1 N–H and O–H groups in total. The molecule has 10 nitrogen and oxygen atoms in total. The second-order valence-electron chi connectivity index (χ2n) is 11.3. The number of hydrogen-bond acceptors (Lipinski definition) is 6. The van der Waals surface area contributed by atoms with Crippen molar-refractivity contribution in [1.29, 1.82) is 0 Å². The highest BCUT2D eigenvalue weighted by Gasteiger charge is 2.35. The minimum atomic E-state index is -0.746. The molecule has 0 atom stereocenters. The molecule has 252 valence electrons. The molecule has 0 saturated carbocycles. The number of carbonyl (C=O) groups excluding carboxylic acids is 3. The first-order valence-corrected chi connectivity index (χ1v) is 16.7. The quantitative estimate of drug-likeness (QED) is 0.0577. The van der Waals surface area contributed by atoms with E-state index in [-0.39, 0.29) is 28.1 Å². The smallest absolute Gasteiger partial charge is 0.285 e. The summed E-state index contributed by atoms with van der Waals surface area (Å²) in [4.78, 5) is 57.6. The first-order chi connectivity index (χ1) is 24.1. The molecular formula is C39H35N5O5S. The van der Waals surface area contributed by atoms with Gasteiger partial charge in [-0.05, 0) is 61.7 Å². The van der Waals surface area contributed by atoms with Gasteiger partial charge in [-0.3, -0.25) is 29.4 Å². The highest BCUT2D eigenvalue weighted by molar-refractivity contribution is 8.14. The third-order valence-electron chi connectivity index (χ3n) is 7.98. The van der Waals surface area contributed by atoms with Gasteiger partial charge in [-0.25, -0.2) is 0 Å². The Morgan fingerprint density at radius 1 is 1.00 bits per heavy atom. The van der Waals surface area contributed by atoms with Gasteiger partial charge in [0.25, 0.3) is 17.5 Å². The molecule has 2 heterocycles. The van der Waals surface area contributed by atoms with Crippen LogP contribution in [0.1, 0.15) is 41.0 Å². The highest BCUT2D eigenvalue weighted by Crippen LogP contribution is 2.30. The molecule has 0 radical (unpaired) electrons. The summed E-state index contributed by atoms with van der Waals surface area (Å²) in [6.07, 6.45) is 8.09. The number of amidine groups is 1. The molecule has 50 heavy (non-hydrogen) atoms. The van der Waals surface area contributed by atoms with E-state index in [1.807, 2.05) is 72.2 Å². The third-order valence-corrected chi connectivity index (χ3v) is 8.92. The average Bonchev–Trinajstić information content (AvgIpc) is 3.41. The zero-order chi connectivity index (χ0) is 35.8. The number of aryl methyl sites for hydroxylation is 1. The lowest BCUT2D eigenvalue weighted by atomic mass is 9.99. The van der Waals surface area contributed by atoms with Crippen molar-refractivity contribution in [1.82, 2.24) is 14.8 Å². The van der Waals surface area contributed by atoms with Crippen LogP contribution in [-0.4, -0.2) is 43.0 Å². The van der Waals surface area contributed by atoms with E-state index < -0.39 is 22.8 Å². The normalized spacial score (nSPS) is 14.4. The summed E-state index contributed by atoms with van der Waals surface area (Å²) in [7, 11) is 0. The fraction of sp³-hybridized carbons (Fsp3) is 0.128. The van der Waals surface area contributed by atoms with Crippen molar-refractivity contribution in [3.05, 3.63) is 171 Å². The number of thioether (sulfide) groups is 1. The molecule has 0 bridgehead atoms. The predicted molar refractivity (Wildman–Crippen MR) is 198 cm³/mol. The van der Waals surface area contributed by atoms with Crippen LogP contribution in [0.2, 0.25) is 0 Å². The maximum absolute atomic E-state index is 14.2. The predicted octanol–water partition coefficient (Wildman–Crippen LogP) is 7.40. The Morgan fingerprint density at radius 3 is 2.26 bits per heavy atom. The highest BCUT2D eigenvalue weighted by atomic mass is 32.2. The van der Waals surface area contributed by atoms with Crippen LogP contribution in [0, 0.1) is 24.0 Å². The fourth-order valence-corrected chi connectivity index (χ4v) is 6.43. The van der Waals surface area contributed by atoms with Crippen LogP contribution in [0.4, 0.5) is 5.69 Å². The second-order valence-corrected chi connectivity index (χ2v) is 12.2. The van der Waals surface area contributed by atoms with Crippen molar-refractivity contribution < 1.29 is 19.3 Å². The molecule has 3 aromatic carbocycles. The van der Waals surface area contributed by atoms with Crippen molar-refractivity contribution in [2.75, 3.05) is 5.75 Å². The van der Waals surface area contributed by atoms with Crippen molar-refractivity contribution in [3.63, 3.8) is 0 Å². The summed E-state index contributed by atoms with van der Waals surface area (Å²) in [5.41, 5.74) is 4.60. The number of rotatable bonds is 11. The van der Waals surface area contributed by atoms with E-state index >= 15 is 0 Å². The Morgan fingerprint density at radius 2 is 1.66 bits per heavy atom. The Hall–Kier alpha value is -6.07. The average molecular weight is 686 g/mol. The third kappa shape index (κ3) is 7.79. The van der Waals surface area contributed by atoms with Crippen molar-refractivity contribution in [2.24, 2.45) is 4.99 Å². The lowest BCUT2D eigenvalue weighted by Crippen LogP contribution is -2.42. The molecule has 1 aliphatic heterocycles. The van der Waals surface area contributed by atoms with Crippen molar-refractivity contribution in [2.45, 2.75) is 26.8 Å². The van der Waals surface area contributed by atoms with Crippen molar-refractivity contribution in [3.8, 4) is 5.69 Å². The first-order valence-electron chi connectivity index (χ1n) is 15.7. The Kier molecular flexibility index (Phi) is 11.2. The van der Waals surface area contributed by atoms with E-state index in [1.165, 1.54) is 23.1 Å². The second kappa shape index (κ2) is 15.9. The lowest BCUT2D eigenvalue weighted by molar-refractivity contribution is -0.384. The van der Waals surface area contributed by atoms with Gasteiger partial charge in [0.1, 0.15) is 5.57 Å². The number of nitro groups is 1. The summed E-state index contributed by atoms with van der Waals surface area (Å²) in [5.74, 6) is -1.78. The van der Waals surface area contributed by atoms with Gasteiger partial charge in [0.05, 0.1) is 22.4 Å². The summed E-state index contributed by atoms with van der Waals surface area (Å²) in [6, 6.07) is 26.8. The van der Waals surface area contributed by atoms with E-state index in [0.717, 1.165) is 28.6 Å². The van der Waals surface area contributed by atoms with Crippen molar-refractivity contribution >= 4 is 46.4 Å². The minimum Gasteiger partial charge on any atom is -0.344 e. The van der Waals surface area contributed by atoms with Crippen LogP contribution in [0.25, 0.3) is 11.8 Å². The number of amides is 3. The molecule has 0 fully saturated rings. The SMILES string of the molecule is C=C/C=C\C(=C/C)N1C(=O)/C(=C/c2cc(C)n(-c3cccc([N+](=O)[O-])c3)c2C)C(=O)N=C1SCC(=O)NC(c1ccccc1)c1ccccc1. The van der Waals surface area contributed by atoms with Gasteiger partial charge in [0, 0.05) is 29.2 Å². The van der Waals surface area contributed by atoms with Crippen LogP contribution in [0.15, 0.2) is 138 Å². The number of benzene rings is 3. The summed E-state index contributed by atoms with van der Waals surface area (Å²) >= 11 is 0.985. The Bertz CT molecular complexity index is 2040. The molecule has 4 aromatic rings. The fourth-order valence-electron chi connectivity index (χ4n) is 5.63. The number of aromatic nitrogens is 1. The van der Waals surface area contributed by atoms with Gasteiger partial charge in [-0.15, -0.1) is 0 Å². The van der Waals surface area contributed by atoms with Gasteiger partial charge in [-0.1, -0.05) is 103 Å². The molecular weight excluding hydrogens is 651 g/mol. The van der Waals surface area contributed by atoms with Crippen LogP contribution in [0.5, 0.6) is 0 Å².